The van der Waals surface area contributed by atoms with Crippen molar-refractivity contribution in [1.29, 1.82) is 0 Å². The number of aromatic nitrogens is 1. The van der Waals surface area contributed by atoms with Gasteiger partial charge >= 0.3 is 0 Å². The molecule has 2 atom stereocenters. The third-order valence-corrected chi connectivity index (χ3v) is 8.28. The molecule has 0 spiro atoms. The number of alkyl halides is 2. The van der Waals surface area contributed by atoms with Crippen LogP contribution in [0.2, 0.25) is 4.34 Å². The van der Waals surface area contributed by atoms with Gasteiger partial charge in [0.2, 0.25) is 5.91 Å². The molecule has 212 valence electrons. The zero-order chi connectivity index (χ0) is 28.4. The van der Waals surface area contributed by atoms with Crippen molar-refractivity contribution in [1.82, 2.24) is 19.7 Å². The van der Waals surface area contributed by atoms with E-state index in [4.69, 9.17) is 11.6 Å². The molecule has 2 N–H and O–H groups in total. The van der Waals surface area contributed by atoms with Crippen molar-refractivity contribution in [3.8, 4) is 5.69 Å². The number of likely N-dealkylation sites (tertiary alicyclic amines) is 2. The second-order valence-corrected chi connectivity index (χ2v) is 11.8. The zero-order valence-electron chi connectivity index (χ0n) is 21.3. The van der Waals surface area contributed by atoms with Crippen molar-refractivity contribution in [2.45, 2.75) is 30.8 Å². The van der Waals surface area contributed by atoms with Gasteiger partial charge in [-0.15, -0.1) is 11.3 Å². The van der Waals surface area contributed by atoms with Gasteiger partial charge in [0.05, 0.1) is 33.7 Å². The molecule has 4 heterocycles. The number of hydrogen-bond donors (Lipinski definition) is 2. The maximum Gasteiger partial charge on any atom is 0.261 e. The maximum atomic E-state index is 14.9. The molecule has 13 heteroatoms. The lowest BCUT2D eigenvalue weighted by Crippen LogP contribution is -2.43. The van der Waals surface area contributed by atoms with E-state index in [1.807, 2.05) is 4.90 Å². The first-order valence-electron chi connectivity index (χ1n) is 12.7. The van der Waals surface area contributed by atoms with E-state index in [0.717, 1.165) is 17.4 Å². The van der Waals surface area contributed by atoms with Crippen LogP contribution in [0, 0.1) is 5.82 Å². The third-order valence-electron chi connectivity index (χ3n) is 7.05. The Morgan fingerprint density at radius 3 is 2.65 bits per heavy atom. The molecule has 2 aliphatic rings. The highest BCUT2D eigenvalue weighted by atomic mass is 35.5. The fourth-order valence-corrected chi connectivity index (χ4v) is 6.14. The minimum Gasteiger partial charge on any atom is -0.347 e. The van der Waals surface area contributed by atoms with Gasteiger partial charge in [-0.05, 0) is 36.8 Å². The van der Waals surface area contributed by atoms with Gasteiger partial charge in [0.1, 0.15) is 5.82 Å². The van der Waals surface area contributed by atoms with Crippen LogP contribution < -0.4 is 16.2 Å². The minimum atomic E-state index is -2.75. The Hall–Kier alpha value is -3.19. The zero-order valence-corrected chi connectivity index (χ0v) is 22.9. The molecule has 0 bridgehead atoms. The second kappa shape index (κ2) is 11.7. The molecule has 40 heavy (non-hydrogen) atoms. The van der Waals surface area contributed by atoms with Crippen molar-refractivity contribution < 1.29 is 22.8 Å². The first-order valence-corrected chi connectivity index (χ1v) is 13.9. The number of benzene rings is 1. The van der Waals surface area contributed by atoms with Crippen molar-refractivity contribution >= 4 is 40.4 Å². The summed E-state index contributed by atoms with van der Waals surface area (Å²) in [7, 11) is 0. The van der Waals surface area contributed by atoms with Gasteiger partial charge in [0.15, 0.2) is 0 Å². The van der Waals surface area contributed by atoms with Crippen molar-refractivity contribution in [3.63, 3.8) is 0 Å². The van der Waals surface area contributed by atoms with Crippen molar-refractivity contribution in [2.24, 2.45) is 0 Å². The molecule has 5 rings (SSSR count). The molecule has 1 aromatic carbocycles. The highest BCUT2D eigenvalue weighted by molar-refractivity contribution is 7.18. The van der Waals surface area contributed by atoms with Gasteiger partial charge in [0, 0.05) is 56.5 Å². The number of nitrogens with zero attached hydrogens (tertiary/aromatic N) is 3. The normalized spacial score (nSPS) is 21.0. The van der Waals surface area contributed by atoms with E-state index >= 15 is 0 Å². The Labute approximate surface area is 237 Å². The number of carbonyl (C=O) groups is 2. The van der Waals surface area contributed by atoms with Crippen LogP contribution in [0.15, 0.2) is 59.5 Å². The van der Waals surface area contributed by atoms with Gasteiger partial charge in [0.25, 0.3) is 17.4 Å². The van der Waals surface area contributed by atoms with Crippen LogP contribution in [0.1, 0.15) is 22.5 Å². The second-order valence-electron chi connectivity index (χ2n) is 10.1. The van der Waals surface area contributed by atoms with Crippen LogP contribution in [0.3, 0.4) is 0 Å². The Balaban J connectivity index is 1.25. The highest BCUT2D eigenvalue weighted by Crippen LogP contribution is 2.29. The van der Waals surface area contributed by atoms with E-state index in [2.05, 4.69) is 10.6 Å². The first-order chi connectivity index (χ1) is 19.1. The molecule has 2 aliphatic heterocycles. The molecule has 0 aliphatic carbocycles. The van der Waals surface area contributed by atoms with Gasteiger partial charge in [-0.25, -0.2) is 13.2 Å². The number of rotatable bonds is 8. The Bertz CT molecular complexity index is 1460. The standard InChI is InChI=1S/C27H27ClF3N5O3S/c28-23-7-6-22(40-23)26(39)32-17-11-19(14-34-10-8-27(30,31)16-34)35(13-17)15-24(37)33-21-5-4-18(12-20(21)29)36-9-2-1-3-25(36)38/h1-7,9,12,17,19H,8,10-11,13-16H2,(H,32,39)(H,33,37)/t17-,19+/m1/s1. The summed E-state index contributed by atoms with van der Waals surface area (Å²) in [6.07, 6.45) is 1.76. The van der Waals surface area contributed by atoms with Crippen LogP contribution in [0.25, 0.3) is 5.69 Å². The molecule has 0 radical (unpaired) electrons. The van der Waals surface area contributed by atoms with E-state index < -0.39 is 17.6 Å². The van der Waals surface area contributed by atoms with E-state index in [9.17, 15) is 27.6 Å². The maximum absolute atomic E-state index is 14.9. The molecule has 2 aromatic heterocycles. The number of pyridine rings is 1. The summed E-state index contributed by atoms with van der Waals surface area (Å²) in [4.78, 5) is 41.6. The van der Waals surface area contributed by atoms with Crippen molar-refractivity contribution in [2.75, 3.05) is 38.0 Å². The first kappa shape index (κ1) is 28.3. The van der Waals surface area contributed by atoms with Gasteiger partial charge in [-0.3, -0.25) is 28.8 Å². The molecular formula is C27H27ClF3N5O3S. The van der Waals surface area contributed by atoms with Crippen LogP contribution >= 0.6 is 22.9 Å². The SMILES string of the molecule is O=C(CN1C[C@H](NC(=O)c2ccc(Cl)s2)C[C@H]1CN1CCC(F)(F)C1)Nc1ccc(-n2ccccc2=O)cc1F. The number of carbonyl (C=O) groups excluding carboxylic acids is 2. The van der Waals surface area contributed by atoms with Gasteiger partial charge < -0.3 is 10.6 Å². The van der Waals surface area contributed by atoms with E-state index in [0.29, 0.717) is 34.4 Å². The van der Waals surface area contributed by atoms with Gasteiger partial charge in [-0.2, -0.15) is 0 Å². The summed E-state index contributed by atoms with van der Waals surface area (Å²) in [5, 5.41) is 5.52. The summed E-state index contributed by atoms with van der Waals surface area (Å²) >= 11 is 7.09. The third kappa shape index (κ3) is 6.74. The Morgan fingerprint density at radius 2 is 1.98 bits per heavy atom. The van der Waals surface area contributed by atoms with Crippen LogP contribution in [-0.4, -0.2) is 76.9 Å². The average molecular weight is 594 g/mol. The quantitative estimate of drug-likeness (QED) is 0.415. The molecule has 0 saturated carbocycles. The summed E-state index contributed by atoms with van der Waals surface area (Å²) in [5.74, 6) is -4.24. The molecule has 8 nitrogen and oxygen atoms in total. The smallest absolute Gasteiger partial charge is 0.261 e. The van der Waals surface area contributed by atoms with Crippen LogP contribution in [0.5, 0.6) is 0 Å². The molecule has 2 fully saturated rings. The lowest BCUT2D eigenvalue weighted by Gasteiger charge is -2.27. The molecule has 2 amide bonds. The number of halogens is 4. The summed E-state index contributed by atoms with van der Waals surface area (Å²) in [6, 6.07) is 11.3. The number of thiophene rings is 1. The van der Waals surface area contributed by atoms with Gasteiger partial charge in [-0.1, -0.05) is 17.7 Å². The van der Waals surface area contributed by atoms with Crippen molar-refractivity contribution in [3.05, 3.63) is 80.1 Å². The molecule has 0 unspecified atom stereocenters. The summed E-state index contributed by atoms with van der Waals surface area (Å²) in [5.41, 5.74) is -0.0563. The predicted octanol–water partition coefficient (Wildman–Crippen LogP) is 3.84. The highest BCUT2D eigenvalue weighted by Gasteiger charge is 2.41. The van der Waals surface area contributed by atoms with Crippen LogP contribution in [-0.2, 0) is 4.79 Å². The van der Waals surface area contributed by atoms with Crippen LogP contribution in [0.4, 0.5) is 18.9 Å². The lowest BCUT2D eigenvalue weighted by molar-refractivity contribution is -0.117. The largest absolute Gasteiger partial charge is 0.347 e. The number of hydrogen-bond acceptors (Lipinski definition) is 6. The number of amides is 2. The molecule has 2 saturated heterocycles. The fraction of sp³-hybridized carbons (Fsp3) is 0.370. The average Bonchev–Trinajstić information content (AvgIpc) is 3.59. The fourth-order valence-electron chi connectivity index (χ4n) is 5.20. The minimum absolute atomic E-state index is 0.0490. The molecule has 3 aromatic rings. The number of anilines is 1. The monoisotopic (exact) mass is 593 g/mol. The number of nitrogens with one attached hydrogen (secondary N) is 2. The van der Waals surface area contributed by atoms with E-state index in [1.54, 1.807) is 29.2 Å². The van der Waals surface area contributed by atoms with E-state index in [1.165, 1.54) is 29.0 Å². The summed E-state index contributed by atoms with van der Waals surface area (Å²) in [6.45, 7) is 0.415. The summed E-state index contributed by atoms with van der Waals surface area (Å²) < 4.78 is 44.2. The lowest BCUT2D eigenvalue weighted by atomic mass is 10.1. The molecular weight excluding hydrogens is 567 g/mol. The predicted molar refractivity (Wildman–Crippen MR) is 147 cm³/mol. The Kier molecular flexibility index (Phi) is 8.31. The van der Waals surface area contributed by atoms with E-state index in [-0.39, 0.29) is 55.3 Å². The Morgan fingerprint density at radius 1 is 1.15 bits per heavy atom. The topological polar surface area (TPSA) is 86.7 Å².